The topological polar surface area (TPSA) is 75.5 Å². The van der Waals surface area contributed by atoms with Gasteiger partial charge in [0.2, 0.25) is 15.9 Å². The first-order valence-corrected chi connectivity index (χ1v) is 11.3. The van der Waals surface area contributed by atoms with Crippen LogP contribution in [0.1, 0.15) is 35.6 Å². The number of aryl methyl sites for hydroxylation is 2. The van der Waals surface area contributed by atoms with Gasteiger partial charge in [-0.1, -0.05) is 18.2 Å². The number of amides is 1. The SMILES string of the molecule is Cc1cc(C)cc(S(=O)(=O)N2CCn3cc(CC(=O)N4CC=CC4)nc3[C@H]2C)c1. The van der Waals surface area contributed by atoms with E-state index in [1.807, 2.05) is 49.8 Å². The lowest BCUT2D eigenvalue weighted by molar-refractivity contribution is -0.129. The molecule has 1 amide bonds. The summed E-state index contributed by atoms with van der Waals surface area (Å²) in [7, 11) is -3.63. The number of hydrogen-bond acceptors (Lipinski definition) is 4. The van der Waals surface area contributed by atoms with Crippen LogP contribution >= 0.6 is 0 Å². The van der Waals surface area contributed by atoms with Crippen molar-refractivity contribution in [2.45, 2.75) is 44.7 Å². The molecule has 154 valence electrons. The second-order valence-corrected chi connectivity index (χ2v) is 9.74. The molecule has 2 aromatic rings. The molecular weight excluding hydrogens is 388 g/mol. The minimum atomic E-state index is -3.63. The molecule has 4 rings (SSSR count). The van der Waals surface area contributed by atoms with Gasteiger partial charge < -0.3 is 9.47 Å². The van der Waals surface area contributed by atoms with Crippen LogP contribution in [0, 0.1) is 13.8 Å². The van der Waals surface area contributed by atoms with Crippen molar-refractivity contribution in [3.8, 4) is 0 Å². The summed E-state index contributed by atoms with van der Waals surface area (Å²) in [5.74, 6) is 0.726. The summed E-state index contributed by atoms with van der Waals surface area (Å²) in [5.41, 5.74) is 2.54. The van der Waals surface area contributed by atoms with E-state index in [9.17, 15) is 13.2 Å². The molecule has 0 bridgehead atoms. The van der Waals surface area contributed by atoms with Crippen molar-refractivity contribution in [3.63, 3.8) is 0 Å². The molecular formula is C21H26N4O3S. The molecule has 0 saturated carbocycles. The molecule has 7 nitrogen and oxygen atoms in total. The summed E-state index contributed by atoms with van der Waals surface area (Å²) in [6.07, 6.45) is 6.08. The van der Waals surface area contributed by atoms with Crippen molar-refractivity contribution in [1.82, 2.24) is 18.8 Å². The molecule has 0 N–H and O–H groups in total. The van der Waals surface area contributed by atoms with E-state index >= 15 is 0 Å². The van der Waals surface area contributed by atoms with E-state index in [0.29, 0.717) is 42.6 Å². The Labute approximate surface area is 171 Å². The Kier molecular flexibility index (Phi) is 5.08. The van der Waals surface area contributed by atoms with Crippen molar-refractivity contribution < 1.29 is 13.2 Å². The molecule has 0 radical (unpaired) electrons. The van der Waals surface area contributed by atoms with E-state index in [0.717, 1.165) is 11.1 Å². The van der Waals surface area contributed by atoms with Crippen molar-refractivity contribution in [2.24, 2.45) is 0 Å². The molecule has 2 aliphatic heterocycles. The quantitative estimate of drug-likeness (QED) is 0.719. The van der Waals surface area contributed by atoms with Gasteiger partial charge in [0.15, 0.2) is 0 Å². The van der Waals surface area contributed by atoms with Gasteiger partial charge >= 0.3 is 0 Å². The number of nitrogens with zero attached hydrogens (tertiary/aromatic N) is 4. The fraction of sp³-hybridized carbons (Fsp3) is 0.429. The van der Waals surface area contributed by atoms with Gasteiger partial charge in [0.25, 0.3) is 0 Å². The van der Waals surface area contributed by atoms with Gasteiger partial charge in [0, 0.05) is 32.4 Å². The molecule has 1 aromatic carbocycles. The molecule has 0 fully saturated rings. The van der Waals surface area contributed by atoms with E-state index < -0.39 is 16.1 Å². The summed E-state index contributed by atoms with van der Waals surface area (Å²) in [6.45, 7) is 7.85. The van der Waals surface area contributed by atoms with E-state index in [2.05, 4.69) is 4.98 Å². The lowest BCUT2D eigenvalue weighted by Crippen LogP contribution is -2.41. The zero-order valence-corrected chi connectivity index (χ0v) is 17.8. The number of rotatable bonds is 4. The third-order valence-electron chi connectivity index (χ3n) is 5.53. The zero-order chi connectivity index (χ0) is 20.8. The van der Waals surface area contributed by atoms with Crippen LogP contribution in [0.2, 0.25) is 0 Å². The highest BCUT2D eigenvalue weighted by Crippen LogP contribution is 2.31. The number of carbonyl (C=O) groups excluding carboxylic acids is 1. The minimum absolute atomic E-state index is 0.0396. The molecule has 29 heavy (non-hydrogen) atoms. The van der Waals surface area contributed by atoms with Crippen molar-refractivity contribution in [2.75, 3.05) is 19.6 Å². The first-order chi connectivity index (χ1) is 13.8. The number of fused-ring (bicyclic) bond motifs is 1. The molecule has 0 spiro atoms. The second kappa shape index (κ2) is 7.42. The highest BCUT2D eigenvalue weighted by Gasteiger charge is 2.35. The predicted molar refractivity (Wildman–Crippen MR) is 110 cm³/mol. The summed E-state index contributed by atoms with van der Waals surface area (Å²) in [4.78, 5) is 19.1. The number of imidazole rings is 1. The number of hydrogen-bond donors (Lipinski definition) is 0. The first-order valence-electron chi connectivity index (χ1n) is 9.84. The fourth-order valence-electron chi connectivity index (χ4n) is 4.11. The lowest BCUT2D eigenvalue weighted by atomic mass is 10.2. The van der Waals surface area contributed by atoms with E-state index in [-0.39, 0.29) is 12.3 Å². The Balaban J connectivity index is 1.57. The number of carbonyl (C=O) groups is 1. The molecule has 0 saturated heterocycles. The Bertz CT molecular complexity index is 1060. The number of aromatic nitrogens is 2. The summed E-state index contributed by atoms with van der Waals surface area (Å²) in [6, 6.07) is 4.99. The van der Waals surface area contributed by atoms with Crippen molar-refractivity contribution >= 4 is 15.9 Å². The summed E-state index contributed by atoms with van der Waals surface area (Å²) >= 11 is 0. The highest BCUT2D eigenvalue weighted by molar-refractivity contribution is 7.89. The number of benzene rings is 1. The largest absolute Gasteiger partial charge is 0.335 e. The maximum atomic E-state index is 13.3. The van der Waals surface area contributed by atoms with Crippen LogP contribution in [0.3, 0.4) is 0 Å². The third kappa shape index (κ3) is 3.74. The van der Waals surface area contributed by atoms with Crippen LogP contribution in [0.4, 0.5) is 0 Å². The van der Waals surface area contributed by atoms with Crippen LogP contribution in [0.25, 0.3) is 0 Å². The van der Waals surface area contributed by atoms with Gasteiger partial charge in [-0.05, 0) is 44.0 Å². The Hall–Kier alpha value is -2.45. The first kappa shape index (κ1) is 19.8. The van der Waals surface area contributed by atoms with Crippen LogP contribution in [-0.4, -0.2) is 52.7 Å². The summed E-state index contributed by atoms with van der Waals surface area (Å²) in [5, 5.41) is 0. The standard InChI is InChI=1S/C21H26N4O3S/c1-15-10-16(2)12-19(11-15)29(27,28)25-9-8-24-14-18(22-21(24)17(25)3)13-20(26)23-6-4-5-7-23/h4-5,10-12,14,17H,6-9,13H2,1-3H3/t17-/m1/s1. The average Bonchev–Trinajstić information content (AvgIpc) is 3.30. The monoisotopic (exact) mass is 414 g/mol. The van der Waals surface area contributed by atoms with Gasteiger partial charge in [-0.25, -0.2) is 13.4 Å². The molecule has 8 heteroatoms. The zero-order valence-electron chi connectivity index (χ0n) is 17.0. The van der Waals surface area contributed by atoms with Crippen molar-refractivity contribution in [3.05, 3.63) is 59.2 Å². The molecule has 2 aliphatic rings. The van der Waals surface area contributed by atoms with Crippen LogP contribution < -0.4 is 0 Å². The van der Waals surface area contributed by atoms with E-state index in [4.69, 9.17) is 0 Å². The van der Waals surface area contributed by atoms with Crippen molar-refractivity contribution in [1.29, 1.82) is 0 Å². The van der Waals surface area contributed by atoms with Gasteiger partial charge in [0.1, 0.15) is 5.82 Å². The fourth-order valence-corrected chi connectivity index (χ4v) is 5.88. The van der Waals surface area contributed by atoms with Gasteiger partial charge in [-0.15, -0.1) is 0 Å². The van der Waals surface area contributed by atoms with Crippen LogP contribution in [0.5, 0.6) is 0 Å². The summed E-state index contributed by atoms with van der Waals surface area (Å²) < 4.78 is 30.1. The molecule has 3 heterocycles. The smallest absolute Gasteiger partial charge is 0.243 e. The Morgan fingerprint density at radius 1 is 1.10 bits per heavy atom. The molecule has 0 unspecified atom stereocenters. The number of sulfonamides is 1. The second-order valence-electron chi connectivity index (χ2n) is 7.85. The van der Waals surface area contributed by atoms with Gasteiger partial charge in [-0.3, -0.25) is 4.79 Å². The molecule has 1 aromatic heterocycles. The van der Waals surface area contributed by atoms with Crippen LogP contribution in [-0.2, 0) is 27.8 Å². The maximum Gasteiger partial charge on any atom is 0.243 e. The Morgan fingerprint density at radius 3 is 2.41 bits per heavy atom. The lowest BCUT2D eigenvalue weighted by Gasteiger charge is -2.32. The van der Waals surface area contributed by atoms with E-state index in [1.165, 1.54) is 4.31 Å². The normalized spacial score (nSPS) is 19.6. The third-order valence-corrected chi connectivity index (χ3v) is 7.48. The van der Waals surface area contributed by atoms with Crippen LogP contribution in [0.15, 0.2) is 41.4 Å². The van der Waals surface area contributed by atoms with Gasteiger partial charge in [0.05, 0.1) is 23.1 Å². The van der Waals surface area contributed by atoms with E-state index in [1.54, 1.807) is 17.0 Å². The predicted octanol–water partition coefficient (Wildman–Crippen LogP) is 2.21. The minimum Gasteiger partial charge on any atom is -0.335 e. The highest BCUT2D eigenvalue weighted by atomic mass is 32.2. The molecule has 1 atom stereocenters. The Morgan fingerprint density at radius 2 is 1.76 bits per heavy atom. The average molecular weight is 415 g/mol. The molecule has 0 aliphatic carbocycles. The van der Waals surface area contributed by atoms with Gasteiger partial charge in [-0.2, -0.15) is 4.31 Å². The maximum absolute atomic E-state index is 13.3.